The van der Waals surface area contributed by atoms with E-state index in [9.17, 15) is 5.11 Å². The molecule has 0 spiro atoms. The number of aliphatic hydroxyl groups is 1. The molecule has 1 heterocycles. The largest absolute Gasteiger partial charge is 0.392 e. The zero-order chi connectivity index (χ0) is 19.6. The summed E-state index contributed by atoms with van der Waals surface area (Å²) >= 11 is 0. The highest BCUT2D eigenvalue weighted by molar-refractivity contribution is 5.35. The Bertz CT molecular complexity index is 688. The van der Waals surface area contributed by atoms with Gasteiger partial charge in [0.1, 0.15) is 0 Å². The van der Waals surface area contributed by atoms with Crippen LogP contribution in [0.4, 0.5) is 0 Å². The van der Waals surface area contributed by atoms with Crippen molar-refractivity contribution in [3.8, 4) is 0 Å². The highest BCUT2D eigenvalue weighted by Crippen LogP contribution is 2.68. The van der Waals surface area contributed by atoms with E-state index in [1.54, 1.807) is 5.57 Å². The lowest BCUT2D eigenvalue weighted by molar-refractivity contribution is -0.214. The Morgan fingerprint density at radius 3 is 2.54 bits per heavy atom. The van der Waals surface area contributed by atoms with E-state index in [1.807, 2.05) is 6.08 Å². The van der Waals surface area contributed by atoms with Gasteiger partial charge in [-0.25, -0.2) is 0 Å². The second kappa shape index (κ2) is 6.68. The smallest absolute Gasteiger partial charge is 0.169 e. The molecule has 0 amide bonds. The van der Waals surface area contributed by atoms with Crippen LogP contribution in [-0.4, -0.2) is 30.7 Å². The summed E-state index contributed by atoms with van der Waals surface area (Å²) in [7, 11) is 0. The van der Waals surface area contributed by atoms with E-state index in [0.29, 0.717) is 16.7 Å². The number of fused-ring (bicyclic) bond motifs is 5. The fraction of sp³-hybridized carbons (Fsp3) is 0.840. The zero-order valence-electron chi connectivity index (χ0n) is 18.0. The van der Waals surface area contributed by atoms with Gasteiger partial charge < -0.3 is 14.6 Å². The number of ether oxygens (including phenoxy) is 2. The number of hydrogen-bond acceptors (Lipinski definition) is 3. The van der Waals surface area contributed by atoms with E-state index in [1.165, 1.54) is 50.5 Å². The molecule has 28 heavy (non-hydrogen) atoms. The second-order valence-electron chi connectivity index (χ2n) is 10.9. The van der Waals surface area contributed by atoms with E-state index in [4.69, 9.17) is 9.47 Å². The minimum Gasteiger partial charge on any atom is -0.392 e. The Balaban J connectivity index is 1.42. The molecule has 0 aromatic rings. The van der Waals surface area contributed by atoms with Crippen molar-refractivity contribution in [3.05, 3.63) is 23.3 Å². The molecule has 1 N–H and O–H groups in total. The molecule has 3 saturated carbocycles. The fourth-order valence-electron chi connectivity index (χ4n) is 8.48. The Morgan fingerprint density at radius 1 is 1.00 bits per heavy atom. The molecule has 3 heteroatoms. The minimum absolute atomic E-state index is 0.173. The molecule has 1 saturated heterocycles. The van der Waals surface area contributed by atoms with Gasteiger partial charge in [-0.3, -0.25) is 0 Å². The van der Waals surface area contributed by atoms with Crippen molar-refractivity contribution < 1.29 is 14.6 Å². The maximum Gasteiger partial charge on any atom is 0.169 e. The van der Waals surface area contributed by atoms with Gasteiger partial charge in [-0.2, -0.15) is 0 Å². The van der Waals surface area contributed by atoms with Gasteiger partial charge in [0.05, 0.1) is 19.8 Å². The molecule has 6 unspecified atom stereocenters. The number of allylic oxidation sites excluding steroid dienone is 3. The molecule has 3 nitrogen and oxygen atoms in total. The molecule has 0 aromatic heterocycles. The molecule has 4 fully saturated rings. The summed E-state index contributed by atoms with van der Waals surface area (Å²) in [5, 5.41) is 9.31. The van der Waals surface area contributed by atoms with Gasteiger partial charge in [0.2, 0.25) is 0 Å². The quantitative estimate of drug-likeness (QED) is 0.705. The van der Waals surface area contributed by atoms with Crippen LogP contribution in [-0.2, 0) is 9.47 Å². The van der Waals surface area contributed by atoms with Gasteiger partial charge in [0.25, 0.3) is 0 Å². The van der Waals surface area contributed by atoms with Gasteiger partial charge in [0, 0.05) is 5.92 Å². The summed E-state index contributed by atoms with van der Waals surface area (Å²) in [6, 6.07) is 0. The predicted molar refractivity (Wildman–Crippen MR) is 111 cm³/mol. The maximum absolute atomic E-state index is 9.31. The van der Waals surface area contributed by atoms with E-state index in [-0.39, 0.29) is 12.4 Å². The van der Waals surface area contributed by atoms with Crippen molar-refractivity contribution in [1.29, 1.82) is 0 Å². The molecular formula is C25H38O3. The summed E-state index contributed by atoms with van der Waals surface area (Å²) in [5.41, 5.74) is 3.78. The molecule has 0 aromatic carbocycles. The van der Waals surface area contributed by atoms with Gasteiger partial charge in [-0.1, -0.05) is 31.6 Å². The summed E-state index contributed by atoms with van der Waals surface area (Å²) < 4.78 is 12.3. The second-order valence-corrected chi connectivity index (χ2v) is 10.9. The topological polar surface area (TPSA) is 38.7 Å². The molecule has 4 aliphatic carbocycles. The van der Waals surface area contributed by atoms with E-state index in [0.717, 1.165) is 37.4 Å². The van der Waals surface area contributed by atoms with Crippen molar-refractivity contribution in [3.63, 3.8) is 0 Å². The van der Waals surface area contributed by atoms with Gasteiger partial charge in [0.15, 0.2) is 5.79 Å². The van der Waals surface area contributed by atoms with Crippen LogP contribution in [0.5, 0.6) is 0 Å². The standard InChI is InChI=1S/C25H38O3/c1-23-11-8-17(10-13-26)16-18(23)4-5-19-20-6-7-22(25(3)27-14-15-28-25)24(20,2)12-9-21(19)23/h10,16,19-22,26H,4-9,11-15H2,1-3H3/b17-10+. The number of aliphatic hydroxyl groups excluding tert-OH is 1. The summed E-state index contributed by atoms with van der Waals surface area (Å²) in [5.74, 6) is 2.71. The van der Waals surface area contributed by atoms with Crippen LogP contribution in [0, 0.1) is 34.5 Å². The Morgan fingerprint density at radius 2 is 1.79 bits per heavy atom. The third kappa shape index (κ3) is 2.65. The molecular weight excluding hydrogens is 348 g/mol. The van der Waals surface area contributed by atoms with Crippen molar-refractivity contribution in [2.45, 2.75) is 77.9 Å². The number of rotatable bonds is 2. The normalized spacial score (nSPS) is 48.7. The Hall–Kier alpha value is -0.640. The van der Waals surface area contributed by atoms with Gasteiger partial charge >= 0.3 is 0 Å². The summed E-state index contributed by atoms with van der Waals surface area (Å²) in [6.45, 7) is 9.03. The highest BCUT2D eigenvalue weighted by Gasteiger charge is 2.62. The zero-order valence-corrected chi connectivity index (χ0v) is 18.0. The van der Waals surface area contributed by atoms with E-state index in [2.05, 4.69) is 26.8 Å². The third-order valence-corrected chi connectivity index (χ3v) is 9.88. The molecule has 156 valence electrons. The summed E-state index contributed by atoms with van der Waals surface area (Å²) in [4.78, 5) is 0. The lowest BCUT2D eigenvalue weighted by atomic mass is 9.46. The van der Waals surface area contributed by atoms with Crippen LogP contribution < -0.4 is 0 Å². The first-order valence-electron chi connectivity index (χ1n) is 11.7. The molecule has 5 aliphatic rings. The predicted octanol–water partition coefficient (Wildman–Crippen LogP) is 5.25. The monoisotopic (exact) mass is 386 g/mol. The molecule has 1 aliphatic heterocycles. The molecule has 0 radical (unpaired) electrons. The minimum atomic E-state index is -0.352. The first kappa shape index (κ1) is 19.3. The maximum atomic E-state index is 9.31. The molecule has 5 rings (SSSR count). The lowest BCUT2D eigenvalue weighted by Gasteiger charge is -2.59. The first-order chi connectivity index (χ1) is 13.4. The van der Waals surface area contributed by atoms with Crippen LogP contribution in [0.3, 0.4) is 0 Å². The van der Waals surface area contributed by atoms with Crippen LogP contribution in [0.15, 0.2) is 23.3 Å². The van der Waals surface area contributed by atoms with Crippen molar-refractivity contribution in [2.24, 2.45) is 34.5 Å². The average molecular weight is 387 g/mol. The van der Waals surface area contributed by atoms with Crippen molar-refractivity contribution >= 4 is 0 Å². The lowest BCUT2D eigenvalue weighted by Crippen LogP contribution is -2.53. The van der Waals surface area contributed by atoms with Gasteiger partial charge in [-0.15, -0.1) is 0 Å². The number of hydrogen-bond donors (Lipinski definition) is 1. The van der Waals surface area contributed by atoms with E-state index < -0.39 is 0 Å². The fourth-order valence-corrected chi connectivity index (χ4v) is 8.48. The SMILES string of the molecule is CC1(C2CCC3C4CCC5=C/C(=C/CO)CCC5(C)C4CCC32C)OCCO1. The average Bonchev–Trinajstić information content (AvgIpc) is 3.26. The summed E-state index contributed by atoms with van der Waals surface area (Å²) in [6.07, 6.45) is 14.8. The van der Waals surface area contributed by atoms with Gasteiger partial charge in [-0.05, 0) is 92.4 Å². The third-order valence-electron chi connectivity index (χ3n) is 9.88. The van der Waals surface area contributed by atoms with Crippen LogP contribution >= 0.6 is 0 Å². The Labute approximate surface area is 170 Å². The van der Waals surface area contributed by atoms with Crippen LogP contribution in [0.25, 0.3) is 0 Å². The van der Waals surface area contributed by atoms with E-state index >= 15 is 0 Å². The van der Waals surface area contributed by atoms with Crippen LogP contribution in [0.2, 0.25) is 0 Å². The highest BCUT2D eigenvalue weighted by atomic mass is 16.7. The first-order valence-corrected chi connectivity index (χ1v) is 11.7. The molecule has 6 atom stereocenters. The van der Waals surface area contributed by atoms with Crippen molar-refractivity contribution in [2.75, 3.05) is 19.8 Å². The molecule has 0 bridgehead atoms. The van der Waals surface area contributed by atoms with Crippen LogP contribution in [0.1, 0.15) is 72.1 Å². The van der Waals surface area contributed by atoms with Crippen molar-refractivity contribution in [1.82, 2.24) is 0 Å². The Kier molecular flexibility index (Phi) is 4.61.